The van der Waals surface area contributed by atoms with Crippen LogP contribution in [0.5, 0.6) is 0 Å². The maximum atomic E-state index is 12.6. The monoisotopic (exact) mass is 373 g/mol. The molecule has 0 spiro atoms. The highest BCUT2D eigenvalue weighted by Crippen LogP contribution is 2.31. The van der Waals surface area contributed by atoms with E-state index < -0.39 is 5.54 Å². The first kappa shape index (κ1) is 19.8. The fourth-order valence-corrected chi connectivity index (χ4v) is 4.04. The zero-order valence-electron chi connectivity index (χ0n) is 16.1. The van der Waals surface area contributed by atoms with E-state index in [0.717, 1.165) is 50.7 Å². The molecule has 3 atom stereocenters. The lowest BCUT2D eigenvalue weighted by atomic mass is 9.74. The number of benzene rings is 1. The number of rotatable bonds is 6. The van der Waals surface area contributed by atoms with E-state index in [0.29, 0.717) is 18.7 Å². The number of carbonyl (C=O) groups excluding carboxylic acids is 2. The molecule has 3 rings (SSSR count). The third-order valence-corrected chi connectivity index (χ3v) is 5.74. The average molecular weight is 373 g/mol. The fourth-order valence-electron chi connectivity index (χ4n) is 4.04. The first-order chi connectivity index (χ1) is 13.0. The predicted molar refractivity (Wildman–Crippen MR) is 104 cm³/mol. The zero-order valence-corrected chi connectivity index (χ0v) is 16.1. The lowest BCUT2D eigenvalue weighted by molar-refractivity contribution is -0.128. The Labute approximate surface area is 161 Å². The highest BCUT2D eigenvalue weighted by Gasteiger charge is 2.37. The molecule has 1 saturated heterocycles. The van der Waals surface area contributed by atoms with Crippen LogP contribution < -0.4 is 16.4 Å². The van der Waals surface area contributed by atoms with Crippen LogP contribution in [0.1, 0.15) is 61.4 Å². The number of nitrogens with two attached hydrogens (primary N) is 1. The summed E-state index contributed by atoms with van der Waals surface area (Å²) in [4.78, 5) is 24.9. The maximum Gasteiger partial charge on any atom is 0.251 e. The summed E-state index contributed by atoms with van der Waals surface area (Å²) in [7, 11) is 0. The molecule has 2 amide bonds. The van der Waals surface area contributed by atoms with Gasteiger partial charge in [-0.05, 0) is 50.3 Å². The average Bonchev–Trinajstić information content (AvgIpc) is 3.17. The Morgan fingerprint density at radius 3 is 2.81 bits per heavy atom. The van der Waals surface area contributed by atoms with Crippen LogP contribution in [0.3, 0.4) is 0 Å². The number of ether oxygens (including phenoxy) is 1. The molecule has 6 nitrogen and oxygen atoms in total. The van der Waals surface area contributed by atoms with E-state index in [1.807, 2.05) is 25.1 Å². The van der Waals surface area contributed by atoms with Crippen LogP contribution in [0.25, 0.3) is 0 Å². The first-order valence-corrected chi connectivity index (χ1v) is 10.0. The van der Waals surface area contributed by atoms with Crippen molar-refractivity contribution < 1.29 is 14.3 Å². The Bertz CT molecular complexity index is 668. The van der Waals surface area contributed by atoms with Crippen LogP contribution in [0, 0.1) is 5.92 Å². The van der Waals surface area contributed by atoms with Gasteiger partial charge in [0.1, 0.15) is 0 Å². The Hall–Kier alpha value is -1.92. The Morgan fingerprint density at radius 2 is 2.07 bits per heavy atom. The van der Waals surface area contributed by atoms with Gasteiger partial charge in [-0.1, -0.05) is 25.0 Å². The van der Waals surface area contributed by atoms with Gasteiger partial charge in [0.05, 0.1) is 12.0 Å². The maximum absolute atomic E-state index is 12.6. The SMILES string of the molecule is CC1(N)CCCCC1C(=O)NCc1cccc(C(=O)NCC2CCCO2)c1. The summed E-state index contributed by atoms with van der Waals surface area (Å²) in [6, 6.07) is 7.37. The number of amides is 2. The van der Waals surface area contributed by atoms with E-state index in [9.17, 15) is 9.59 Å². The van der Waals surface area contributed by atoms with E-state index in [1.165, 1.54) is 0 Å². The Morgan fingerprint density at radius 1 is 1.22 bits per heavy atom. The van der Waals surface area contributed by atoms with Gasteiger partial charge < -0.3 is 21.1 Å². The molecule has 1 aliphatic carbocycles. The number of hydrogen-bond donors (Lipinski definition) is 3. The molecule has 0 aromatic heterocycles. The fraction of sp³-hybridized carbons (Fsp3) is 0.619. The summed E-state index contributed by atoms with van der Waals surface area (Å²) >= 11 is 0. The van der Waals surface area contributed by atoms with Crippen molar-refractivity contribution in [2.45, 2.75) is 63.6 Å². The van der Waals surface area contributed by atoms with Crippen molar-refractivity contribution in [3.63, 3.8) is 0 Å². The summed E-state index contributed by atoms with van der Waals surface area (Å²) in [6.45, 7) is 3.68. The molecule has 1 aliphatic heterocycles. The number of carbonyl (C=O) groups is 2. The van der Waals surface area contributed by atoms with E-state index in [-0.39, 0.29) is 23.8 Å². The molecule has 2 fully saturated rings. The smallest absolute Gasteiger partial charge is 0.251 e. The van der Waals surface area contributed by atoms with Crippen molar-refractivity contribution >= 4 is 11.8 Å². The first-order valence-electron chi connectivity index (χ1n) is 10.0. The van der Waals surface area contributed by atoms with E-state index in [2.05, 4.69) is 10.6 Å². The third kappa shape index (κ3) is 5.30. The van der Waals surface area contributed by atoms with E-state index >= 15 is 0 Å². The molecule has 1 heterocycles. The van der Waals surface area contributed by atoms with Crippen molar-refractivity contribution in [3.05, 3.63) is 35.4 Å². The summed E-state index contributed by atoms with van der Waals surface area (Å²) in [5, 5.41) is 5.92. The van der Waals surface area contributed by atoms with Gasteiger partial charge in [0.25, 0.3) is 5.91 Å². The van der Waals surface area contributed by atoms with E-state index in [4.69, 9.17) is 10.5 Å². The van der Waals surface area contributed by atoms with Gasteiger partial charge in [-0.3, -0.25) is 9.59 Å². The summed E-state index contributed by atoms with van der Waals surface area (Å²) in [5.41, 5.74) is 7.38. The number of nitrogens with one attached hydrogen (secondary N) is 2. The largest absolute Gasteiger partial charge is 0.376 e. The molecule has 3 unspecified atom stereocenters. The number of hydrogen-bond acceptors (Lipinski definition) is 4. The van der Waals surface area contributed by atoms with Gasteiger partial charge in [0.2, 0.25) is 5.91 Å². The molecule has 27 heavy (non-hydrogen) atoms. The minimum absolute atomic E-state index is 0.00735. The van der Waals surface area contributed by atoms with Gasteiger partial charge in [-0.25, -0.2) is 0 Å². The minimum atomic E-state index is -0.438. The molecule has 4 N–H and O–H groups in total. The minimum Gasteiger partial charge on any atom is -0.376 e. The highest BCUT2D eigenvalue weighted by atomic mass is 16.5. The van der Waals surface area contributed by atoms with Crippen LogP contribution in [0.15, 0.2) is 24.3 Å². The Kier molecular flexibility index (Phi) is 6.50. The molecule has 2 aliphatic rings. The molecular weight excluding hydrogens is 342 g/mol. The second-order valence-corrected chi connectivity index (χ2v) is 8.07. The zero-order chi connectivity index (χ0) is 19.3. The van der Waals surface area contributed by atoms with Crippen molar-refractivity contribution in [2.24, 2.45) is 11.7 Å². The normalized spacial score (nSPS) is 27.9. The molecule has 148 valence electrons. The van der Waals surface area contributed by atoms with Crippen LogP contribution >= 0.6 is 0 Å². The lowest BCUT2D eigenvalue weighted by Gasteiger charge is -2.37. The molecule has 1 saturated carbocycles. The molecule has 6 heteroatoms. The van der Waals surface area contributed by atoms with Crippen molar-refractivity contribution in [2.75, 3.05) is 13.2 Å². The quantitative estimate of drug-likeness (QED) is 0.712. The predicted octanol–water partition coefficient (Wildman–Crippen LogP) is 2.12. The van der Waals surface area contributed by atoms with Gasteiger partial charge in [-0.2, -0.15) is 0 Å². The van der Waals surface area contributed by atoms with Crippen molar-refractivity contribution in [3.8, 4) is 0 Å². The van der Waals surface area contributed by atoms with Gasteiger partial charge >= 0.3 is 0 Å². The molecule has 0 bridgehead atoms. The standard InChI is InChI=1S/C21H31N3O3/c1-21(22)10-3-2-9-18(21)20(26)23-13-15-6-4-7-16(12-15)19(25)24-14-17-8-5-11-27-17/h4,6-7,12,17-18H,2-3,5,8-11,13-14,22H2,1H3,(H,23,26)(H,24,25). The topological polar surface area (TPSA) is 93.5 Å². The summed E-state index contributed by atoms with van der Waals surface area (Å²) < 4.78 is 5.53. The molecular formula is C21H31N3O3. The molecule has 1 aromatic rings. The second-order valence-electron chi connectivity index (χ2n) is 8.07. The van der Waals surface area contributed by atoms with Crippen LogP contribution in [-0.2, 0) is 16.1 Å². The summed E-state index contributed by atoms with van der Waals surface area (Å²) in [5.74, 6) is -0.252. The second kappa shape index (κ2) is 8.85. The van der Waals surface area contributed by atoms with Gasteiger partial charge in [-0.15, -0.1) is 0 Å². The molecule has 1 aromatic carbocycles. The summed E-state index contributed by atoms with van der Waals surface area (Å²) in [6.07, 6.45) is 6.02. The van der Waals surface area contributed by atoms with Crippen LogP contribution in [-0.4, -0.2) is 36.6 Å². The molecule has 0 radical (unpaired) electrons. The van der Waals surface area contributed by atoms with E-state index in [1.54, 1.807) is 6.07 Å². The van der Waals surface area contributed by atoms with Crippen LogP contribution in [0.2, 0.25) is 0 Å². The van der Waals surface area contributed by atoms with Gasteiger partial charge in [0, 0.05) is 30.8 Å². The van der Waals surface area contributed by atoms with Gasteiger partial charge in [0.15, 0.2) is 0 Å². The highest BCUT2D eigenvalue weighted by molar-refractivity contribution is 5.94. The van der Waals surface area contributed by atoms with Crippen LogP contribution in [0.4, 0.5) is 0 Å². The third-order valence-electron chi connectivity index (χ3n) is 5.74. The van der Waals surface area contributed by atoms with Crippen molar-refractivity contribution in [1.29, 1.82) is 0 Å². The lowest BCUT2D eigenvalue weighted by Crippen LogP contribution is -2.52. The Balaban J connectivity index is 1.52. The van der Waals surface area contributed by atoms with Crippen molar-refractivity contribution in [1.82, 2.24) is 10.6 Å².